The van der Waals surface area contributed by atoms with Gasteiger partial charge in [-0.1, -0.05) is 78.9 Å². The fraction of sp³-hybridized carbons (Fsp3) is 0.182. The van der Waals surface area contributed by atoms with Gasteiger partial charge in [-0.05, 0) is 60.9 Å². The Kier molecular flexibility index (Phi) is 5.60. The second-order valence-corrected chi connectivity index (χ2v) is 10.2. The van der Waals surface area contributed by atoms with E-state index in [4.69, 9.17) is 9.47 Å². The fourth-order valence-corrected chi connectivity index (χ4v) is 5.59. The molecule has 0 radical (unpaired) electrons. The number of para-hydroxylation sites is 1. The van der Waals surface area contributed by atoms with E-state index in [2.05, 4.69) is 79.4 Å². The van der Waals surface area contributed by atoms with Crippen molar-refractivity contribution in [1.29, 1.82) is 0 Å². The van der Waals surface area contributed by atoms with Crippen molar-refractivity contribution in [3.63, 3.8) is 0 Å². The van der Waals surface area contributed by atoms with Crippen LogP contribution in [0.4, 0.5) is 5.69 Å². The quantitative estimate of drug-likeness (QED) is 0.270. The minimum absolute atomic E-state index is 0.380. The first-order chi connectivity index (χ1) is 18.0. The molecule has 0 amide bonds. The van der Waals surface area contributed by atoms with Gasteiger partial charge in [0, 0.05) is 17.8 Å². The highest BCUT2D eigenvalue weighted by molar-refractivity contribution is 5.85. The number of hydrogen-bond donors (Lipinski definition) is 0. The Morgan fingerprint density at radius 2 is 1.54 bits per heavy atom. The fourth-order valence-electron chi connectivity index (χ4n) is 5.59. The second kappa shape index (κ2) is 8.97. The molecule has 2 heterocycles. The molecule has 0 aliphatic carbocycles. The molecular formula is C33H29NO3. The summed E-state index contributed by atoms with van der Waals surface area (Å²) in [5.74, 6) is 1.23. The van der Waals surface area contributed by atoms with Crippen molar-refractivity contribution in [2.24, 2.45) is 0 Å². The van der Waals surface area contributed by atoms with Crippen LogP contribution in [0.25, 0.3) is 6.08 Å². The predicted molar refractivity (Wildman–Crippen MR) is 147 cm³/mol. The van der Waals surface area contributed by atoms with Gasteiger partial charge in [-0.3, -0.25) is 4.79 Å². The number of rotatable bonds is 6. The van der Waals surface area contributed by atoms with Crippen LogP contribution in [0, 0.1) is 0 Å². The molecule has 6 rings (SSSR count). The Labute approximate surface area is 217 Å². The Morgan fingerprint density at radius 3 is 2.27 bits per heavy atom. The van der Waals surface area contributed by atoms with Crippen molar-refractivity contribution in [2.75, 3.05) is 4.90 Å². The van der Waals surface area contributed by atoms with Gasteiger partial charge < -0.3 is 14.4 Å². The molecule has 0 fully saturated rings. The van der Waals surface area contributed by atoms with Gasteiger partial charge in [0.1, 0.15) is 18.1 Å². The van der Waals surface area contributed by atoms with Crippen LogP contribution in [0.15, 0.2) is 103 Å². The summed E-state index contributed by atoms with van der Waals surface area (Å²) in [6.45, 7) is 5.53. The maximum atomic E-state index is 12.3. The standard InChI is InChI=1S/C33H29NO3/c1-32(2)29-15-9-10-16-30(29)34(21-24-11-5-3-6-12-24)33(32)18-17-26-19-28(20-27(22-35)31(26)37-33)36-23-25-13-7-4-8-14-25/h3-20,22H,21,23H2,1-2H3. The molecule has 1 unspecified atom stereocenters. The summed E-state index contributed by atoms with van der Waals surface area (Å²) < 4.78 is 13.0. The second-order valence-electron chi connectivity index (χ2n) is 10.2. The number of fused-ring (bicyclic) bond motifs is 2. The monoisotopic (exact) mass is 487 g/mol. The highest BCUT2D eigenvalue weighted by atomic mass is 16.5. The molecule has 37 heavy (non-hydrogen) atoms. The minimum atomic E-state index is -0.802. The number of ether oxygens (including phenoxy) is 2. The van der Waals surface area contributed by atoms with Gasteiger partial charge in [0.2, 0.25) is 5.72 Å². The first-order valence-electron chi connectivity index (χ1n) is 12.6. The maximum absolute atomic E-state index is 12.3. The van der Waals surface area contributed by atoms with Gasteiger partial charge in [0.05, 0.1) is 11.0 Å². The molecule has 0 N–H and O–H groups in total. The number of hydrogen-bond acceptors (Lipinski definition) is 4. The lowest BCUT2D eigenvalue weighted by molar-refractivity contribution is 0.0511. The Balaban J connectivity index is 1.40. The number of carbonyl (C=O) groups is 1. The van der Waals surface area contributed by atoms with Crippen molar-refractivity contribution in [2.45, 2.75) is 38.1 Å². The number of anilines is 1. The SMILES string of the molecule is CC1(C)c2ccccc2N(Cc2ccccc2)C12C=Cc1cc(OCc3ccccc3)cc(C=O)c1O2. The van der Waals surface area contributed by atoms with Crippen LogP contribution in [0.1, 0.15) is 46.5 Å². The highest BCUT2D eigenvalue weighted by Gasteiger charge is 2.59. The van der Waals surface area contributed by atoms with Crippen LogP contribution >= 0.6 is 0 Å². The summed E-state index contributed by atoms with van der Waals surface area (Å²) in [7, 11) is 0. The van der Waals surface area contributed by atoms with E-state index in [9.17, 15) is 4.79 Å². The largest absolute Gasteiger partial charge is 0.489 e. The van der Waals surface area contributed by atoms with Crippen molar-refractivity contribution in [3.8, 4) is 11.5 Å². The summed E-state index contributed by atoms with van der Waals surface area (Å²) in [5, 5.41) is 0. The molecule has 4 aromatic carbocycles. The van der Waals surface area contributed by atoms with Crippen molar-refractivity contribution in [1.82, 2.24) is 0 Å². The minimum Gasteiger partial charge on any atom is -0.489 e. The van der Waals surface area contributed by atoms with Gasteiger partial charge in [-0.15, -0.1) is 0 Å². The van der Waals surface area contributed by atoms with Crippen LogP contribution < -0.4 is 14.4 Å². The van der Waals surface area contributed by atoms with Gasteiger partial charge in [-0.2, -0.15) is 0 Å². The molecule has 184 valence electrons. The smallest absolute Gasteiger partial charge is 0.212 e. The van der Waals surface area contributed by atoms with E-state index in [1.54, 1.807) is 6.07 Å². The normalized spacial score (nSPS) is 18.7. The van der Waals surface area contributed by atoms with E-state index in [1.807, 2.05) is 42.5 Å². The summed E-state index contributed by atoms with van der Waals surface area (Å²) in [6.07, 6.45) is 5.08. The third-order valence-electron chi connectivity index (χ3n) is 7.59. The summed E-state index contributed by atoms with van der Waals surface area (Å²) in [4.78, 5) is 14.6. The lowest BCUT2D eigenvalue weighted by atomic mass is 9.76. The van der Waals surface area contributed by atoms with Crippen LogP contribution in [-0.4, -0.2) is 12.0 Å². The molecule has 0 bridgehead atoms. The third kappa shape index (κ3) is 3.80. The molecular weight excluding hydrogens is 458 g/mol. The van der Waals surface area contributed by atoms with Crippen LogP contribution in [0.2, 0.25) is 0 Å². The van der Waals surface area contributed by atoms with Crippen molar-refractivity contribution < 1.29 is 14.3 Å². The molecule has 2 aliphatic rings. The molecule has 0 saturated heterocycles. The maximum Gasteiger partial charge on any atom is 0.212 e. The van der Waals surface area contributed by atoms with E-state index >= 15 is 0 Å². The zero-order valence-electron chi connectivity index (χ0n) is 21.1. The van der Waals surface area contributed by atoms with E-state index in [-0.39, 0.29) is 5.41 Å². The Bertz CT molecular complexity index is 1480. The van der Waals surface area contributed by atoms with E-state index in [1.165, 1.54) is 11.1 Å². The average Bonchev–Trinajstić information content (AvgIpc) is 3.11. The summed E-state index contributed by atoms with van der Waals surface area (Å²) in [6, 6.07) is 32.6. The number of carbonyl (C=O) groups excluding carboxylic acids is 1. The molecule has 2 aliphatic heterocycles. The van der Waals surface area contributed by atoms with Gasteiger partial charge in [0.15, 0.2) is 6.29 Å². The first-order valence-corrected chi connectivity index (χ1v) is 12.6. The molecule has 4 heteroatoms. The molecule has 1 atom stereocenters. The molecule has 0 aromatic heterocycles. The molecule has 1 spiro atoms. The van der Waals surface area contributed by atoms with Crippen LogP contribution in [0.3, 0.4) is 0 Å². The molecule has 4 nitrogen and oxygen atoms in total. The molecule has 0 saturated carbocycles. The summed E-state index contributed by atoms with van der Waals surface area (Å²) in [5.41, 5.74) is 4.76. The van der Waals surface area contributed by atoms with E-state index in [0.29, 0.717) is 30.2 Å². The van der Waals surface area contributed by atoms with Crippen molar-refractivity contribution >= 4 is 18.0 Å². The topological polar surface area (TPSA) is 38.8 Å². The van der Waals surface area contributed by atoms with Crippen LogP contribution in [-0.2, 0) is 18.6 Å². The van der Waals surface area contributed by atoms with Gasteiger partial charge >= 0.3 is 0 Å². The van der Waals surface area contributed by atoms with E-state index in [0.717, 1.165) is 23.1 Å². The highest BCUT2D eigenvalue weighted by Crippen LogP contribution is 2.56. The Hall–Kier alpha value is -4.31. The zero-order chi connectivity index (χ0) is 25.5. The third-order valence-corrected chi connectivity index (χ3v) is 7.59. The zero-order valence-corrected chi connectivity index (χ0v) is 21.1. The molecule has 4 aromatic rings. The average molecular weight is 488 g/mol. The first kappa shape index (κ1) is 23.1. The Morgan fingerprint density at radius 1 is 0.865 bits per heavy atom. The predicted octanol–water partition coefficient (Wildman–Crippen LogP) is 7.18. The number of aldehydes is 1. The van der Waals surface area contributed by atoms with Crippen LogP contribution in [0.5, 0.6) is 11.5 Å². The lowest BCUT2D eigenvalue weighted by Gasteiger charge is -2.47. The number of nitrogens with zero attached hydrogens (tertiary/aromatic N) is 1. The number of benzene rings is 4. The van der Waals surface area contributed by atoms with Crippen molar-refractivity contribution in [3.05, 3.63) is 131 Å². The van der Waals surface area contributed by atoms with E-state index < -0.39 is 5.72 Å². The van der Waals surface area contributed by atoms with Gasteiger partial charge in [-0.25, -0.2) is 0 Å². The van der Waals surface area contributed by atoms with Gasteiger partial charge in [0.25, 0.3) is 0 Å². The lowest BCUT2D eigenvalue weighted by Crippen LogP contribution is -2.59. The summed E-state index contributed by atoms with van der Waals surface area (Å²) >= 11 is 0.